The van der Waals surface area contributed by atoms with E-state index in [1.807, 2.05) is 0 Å². The standard InChI is InChI=1S/C63H104O6/c1-4-7-10-13-16-19-22-25-27-28-29-30-31-32-33-34-36-38-41-44-47-50-53-56-62(65)68-59-60(58-67-61(64)55-52-49-46-43-40-37-24-21-18-15-12-9-6-3)69-63(66)57-54-51-48-45-42-39-35-26-23-20-17-14-11-8-5-2/h7,9-10,12,16,18-19,21,25,27,29-30,32-33,36-38,40,60H,4-6,8,11,13-15,17,20,22-24,26,28,31,34-35,39,41-59H2,1-3H3/b10-7-,12-9-,19-16-,21-18-,27-25-,30-29-,33-32-,38-36-,40-37-. The van der Waals surface area contributed by atoms with Crippen molar-refractivity contribution in [2.24, 2.45) is 0 Å². The summed E-state index contributed by atoms with van der Waals surface area (Å²) in [6.07, 6.45) is 76.5. The van der Waals surface area contributed by atoms with Crippen LogP contribution in [0, 0.1) is 0 Å². The third kappa shape index (κ3) is 54.9. The fraction of sp³-hybridized carbons (Fsp3) is 0.667. The van der Waals surface area contributed by atoms with Gasteiger partial charge in [0.25, 0.3) is 0 Å². The van der Waals surface area contributed by atoms with Crippen molar-refractivity contribution in [3.63, 3.8) is 0 Å². The number of rotatable bonds is 50. The predicted octanol–water partition coefficient (Wildman–Crippen LogP) is 19.1. The molecule has 0 fully saturated rings. The Labute approximate surface area is 425 Å². The predicted molar refractivity (Wildman–Crippen MR) is 297 cm³/mol. The third-order valence-corrected chi connectivity index (χ3v) is 11.8. The molecule has 0 spiro atoms. The first-order valence-corrected chi connectivity index (χ1v) is 28.4. The minimum Gasteiger partial charge on any atom is -0.462 e. The smallest absolute Gasteiger partial charge is 0.306 e. The van der Waals surface area contributed by atoms with Gasteiger partial charge in [0.05, 0.1) is 0 Å². The zero-order valence-corrected chi connectivity index (χ0v) is 44.8. The molecule has 0 aliphatic carbocycles. The Morgan fingerprint density at radius 2 is 0.565 bits per heavy atom. The van der Waals surface area contributed by atoms with Gasteiger partial charge in [-0.25, -0.2) is 0 Å². The quantitative estimate of drug-likeness (QED) is 0.0262. The molecule has 1 unspecified atom stereocenters. The van der Waals surface area contributed by atoms with Gasteiger partial charge >= 0.3 is 17.9 Å². The second-order valence-corrected chi connectivity index (χ2v) is 18.4. The van der Waals surface area contributed by atoms with E-state index in [0.717, 1.165) is 135 Å². The molecule has 0 rings (SSSR count). The lowest BCUT2D eigenvalue weighted by Crippen LogP contribution is -2.30. The molecule has 0 aromatic carbocycles. The van der Waals surface area contributed by atoms with Crippen LogP contribution < -0.4 is 0 Å². The van der Waals surface area contributed by atoms with Crippen molar-refractivity contribution >= 4 is 17.9 Å². The van der Waals surface area contributed by atoms with E-state index in [2.05, 4.69) is 130 Å². The van der Waals surface area contributed by atoms with Crippen LogP contribution in [-0.2, 0) is 28.6 Å². The molecule has 6 nitrogen and oxygen atoms in total. The van der Waals surface area contributed by atoms with E-state index in [1.165, 1.54) is 77.0 Å². The molecular weight excluding hydrogens is 853 g/mol. The number of allylic oxidation sites excluding steroid dienone is 18. The van der Waals surface area contributed by atoms with Crippen LogP contribution in [0.1, 0.15) is 252 Å². The highest BCUT2D eigenvalue weighted by Crippen LogP contribution is 2.15. The normalized spacial score (nSPS) is 12.9. The fourth-order valence-corrected chi connectivity index (χ4v) is 7.58. The van der Waals surface area contributed by atoms with Crippen LogP contribution >= 0.6 is 0 Å². The summed E-state index contributed by atoms with van der Waals surface area (Å²) < 4.78 is 16.8. The second kappa shape index (κ2) is 56.7. The van der Waals surface area contributed by atoms with E-state index in [-0.39, 0.29) is 31.1 Å². The first-order chi connectivity index (χ1) is 34.0. The Morgan fingerprint density at radius 3 is 0.899 bits per heavy atom. The number of unbranched alkanes of at least 4 members (excludes halogenated alkanes) is 21. The van der Waals surface area contributed by atoms with Crippen molar-refractivity contribution in [1.29, 1.82) is 0 Å². The largest absolute Gasteiger partial charge is 0.462 e. The molecule has 1 atom stereocenters. The molecule has 392 valence electrons. The van der Waals surface area contributed by atoms with Crippen LogP contribution in [0.2, 0.25) is 0 Å². The highest BCUT2D eigenvalue weighted by molar-refractivity contribution is 5.71. The molecular formula is C63H104O6. The molecule has 0 radical (unpaired) electrons. The zero-order chi connectivity index (χ0) is 50.0. The van der Waals surface area contributed by atoms with Gasteiger partial charge in [-0.3, -0.25) is 14.4 Å². The SMILES string of the molecule is CC/C=C\C/C=C\C/C=C\C/C=C\C/C=C\C/C=C\CCCCCCC(=O)OCC(COC(=O)CCCCC/C=C\C/C=C\C/C=C\CC)OC(=O)CCCCCCCCCCCCCCCCC. The number of hydrogen-bond donors (Lipinski definition) is 0. The summed E-state index contributed by atoms with van der Waals surface area (Å²) in [4.78, 5) is 38.1. The lowest BCUT2D eigenvalue weighted by atomic mass is 10.0. The molecule has 0 aromatic heterocycles. The fourth-order valence-electron chi connectivity index (χ4n) is 7.58. The molecule has 0 N–H and O–H groups in total. The lowest BCUT2D eigenvalue weighted by Gasteiger charge is -2.18. The maximum absolute atomic E-state index is 12.8. The molecule has 69 heavy (non-hydrogen) atoms. The van der Waals surface area contributed by atoms with Gasteiger partial charge in [0.15, 0.2) is 6.10 Å². The molecule has 0 aliphatic rings. The Kier molecular flexibility index (Phi) is 53.4. The number of ether oxygens (including phenoxy) is 3. The summed E-state index contributed by atoms with van der Waals surface area (Å²) in [5.41, 5.74) is 0. The first kappa shape index (κ1) is 65.1. The van der Waals surface area contributed by atoms with Gasteiger partial charge in [-0.15, -0.1) is 0 Å². The maximum atomic E-state index is 12.8. The summed E-state index contributed by atoms with van der Waals surface area (Å²) in [6, 6.07) is 0. The topological polar surface area (TPSA) is 78.9 Å². The Bertz CT molecular complexity index is 1420. The van der Waals surface area contributed by atoms with Crippen molar-refractivity contribution in [2.75, 3.05) is 13.2 Å². The summed E-state index contributed by atoms with van der Waals surface area (Å²) >= 11 is 0. The van der Waals surface area contributed by atoms with Gasteiger partial charge in [0, 0.05) is 19.3 Å². The monoisotopic (exact) mass is 957 g/mol. The number of hydrogen-bond acceptors (Lipinski definition) is 6. The van der Waals surface area contributed by atoms with Crippen LogP contribution in [0.3, 0.4) is 0 Å². The van der Waals surface area contributed by atoms with E-state index in [0.29, 0.717) is 19.3 Å². The zero-order valence-electron chi connectivity index (χ0n) is 44.8. The molecule has 0 saturated heterocycles. The van der Waals surface area contributed by atoms with E-state index in [4.69, 9.17) is 14.2 Å². The van der Waals surface area contributed by atoms with Gasteiger partial charge in [-0.2, -0.15) is 0 Å². The molecule has 0 amide bonds. The van der Waals surface area contributed by atoms with Crippen LogP contribution in [-0.4, -0.2) is 37.2 Å². The number of carbonyl (C=O) groups excluding carboxylic acids is 3. The maximum Gasteiger partial charge on any atom is 0.306 e. The lowest BCUT2D eigenvalue weighted by molar-refractivity contribution is -0.167. The van der Waals surface area contributed by atoms with E-state index in [1.54, 1.807) is 0 Å². The minimum absolute atomic E-state index is 0.101. The van der Waals surface area contributed by atoms with Crippen molar-refractivity contribution in [1.82, 2.24) is 0 Å². The summed E-state index contributed by atoms with van der Waals surface area (Å²) in [6.45, 7) is 6.37. The summed E-state index contributed by atoms with van der Waals surface area (Å²) in [5, 5.41) is 0. The second-order valence-electron chi connectivity index (χ2n) is 18.4. The Balaban J connectivity index is 4.43. The molecule has 6 heteroatoms. The Morgan fingerprint density at radius 1 is 0.304 bits per heavy atom. The number of esters is 3. The number of carbonyl (C=O) groups is 3. The van der Waals surface area contributed by atoms with Gasteiger partial charge in [-0.1, -0.05) is 239 Å². The Hall–Kier alpha value is -3.93. The average molecular weight is 958 g/mol. The van der Waals surface area contributed by atoms with Crippen LogP contribution in [0.5, 0.6) is 0 Å². The summed E-state index contributed by atoms with van der Waals surface area (Å²) in [7, 11) is 0. The molecule has 0 saturated carbocycles. The van der Waals surface area contributed by atoms with Crippen LogP contribution in [0.15, 0.2) is 109 Å². The highest BCUT2D eigenvalue weighted by atomic mass is 16.6. The van der Waals surface area contributed by atoms with Crippen molar-refractivity contribution in [3.8, 4) is 0 Å². The van der Waals surface area contributed by atoms with E-state index >= 15 is 0 Å². The highest BCUT2D eigenvalue weighted by Gasteiger charge is 2.19. The van der Waals surface area contributed by atoms with E-state index in [9.17, 15) is 14.4 Å². The average Bonchev–Trinajstić information content (AvgIpc) is 3.35. The van der Waals surface area contributed by atoms with Gasteiger partial charge in [0.1, 0.15) is 13.2 Å². The van der Waals surface area contributed by atoms with Gasteiger partial charge in [-0.05, 0) is 103 Å². The molecule has 0 bridgehead atoms. The molecule has 0 heterocycles. The van der Waals surface area contributed by atoms with Gasteiger partial charge < -0.3 is 14.2 Å². The van der Waals surface area contributed by atoms with Crippen molar-refractivity contribution < 1.29 is 28.6 Å². The van der Waals surface area contributed by atoms with Crippen LogP contribution in [0.25, 0.3) is 0 Å². The third-order valence-electron chi connectivity index (χ3n) is 11.8. The first-order valence-electron chi connectivity index (χ1n) is 28.4. The molecule has 0 aromatic rings. The van der Waals surface area contributed by atoms with Crippen molar-refractivity contribution in [3.05, 3.63) is 109 Å². The van der Waals surface area contributed by atoms with Crippen LogP contribution in [0.4, 0.5) is 0 Å². The van der Waals surface area contributed by atoms with Gasteiger partial charge in [0.2, 0.25) is 0 Å². The van der Waals surface area contributed by atoms with E-state index < -0.39 is 6.10 Å². The minimum atomic E-state index is -0.801. The summed E-state index contributed by atoms with van der Waals surface area (Å²) in [5.74, 6) is -0.951. The van der Waals surface area contributed by atoms with Crippen molar-refractivity contribution in [2.45, 2.75) is 258 Å². The molecule has 0 aliphatic heterocycles.